The Hall–Kier alpha value is -1.82. The minimum Gasteiger partial charge on any atom is -0.471 e. The number of rotatable bonds is 3. The molecule has 21 heavy (non-hydrogen) atoms. The van der Waals surface area contributed by atoms with Crippen molar-refractivity contribution in [2.75, 3.05) is 26.7 Å². The van der Waals surface area contributed by atoms with E-state index in [1.54, 1.807) is 29.0 Å². The Bertz CT molecular complexity index is 557. The average molecular weight is 310 g/mol. The number of hydrogen-bond donors (Lipinski definition) is 0. The lowest BCUT2D eigenvalue weighted by Crippen LogP contribution is -2.57. The van der Waals surface area contributed by atoms with Crippen molar-refractivity contribution in [3.05, 3.63) is 23.4 Å². The SMILES string of the molecule is CN1CC(C(=O)N2CC(Oc3ccc(Cl)cn3)C2)CC1=O. The topological polar surface area (TPSA) is 62.7 Å². The first kappa shape index (κ1) is 14.1. The van der Waals surface area contributed by atoms with Crippen LogP contribution in [-0.2, 0) is 9.59 Å². The van der Waals surface area contributed by atoms with Gasteiger partial charge in [-0.3, -0.25) is 9.59 Å². The van der Waals surface area contributed by atoms with Crippen LogP contribution >= 0.6 is 11.6 Å². The second-order valence-electron chi connectivity index (χ2n) is 5.47. The largest absolute Gasteiger partial charge is 0.471 e. The number of carbonyl (C=O) groups is 2. The summed E-state index contributed by atoms with van der Waals surface area (Å²) in [5, 5.41) is 0.558. The second-order valence-corrected chi connectivity index (χ2v) is 5.91. The third-order valence-corrected chi connectivity index (χ3v) is 4.06. The predicted octanol–water partition coefficient (Wildman–Crippen LogP) is 0.803. The molecule has 6 nitrogen and oxygen atoms in total. The van der Waals surface area contributed by atoms with Gasteiger partial charge in [-0.1, -0.05) is 11.6 Å². The Morgan fingerprint density at radius 1 is 1.38 bits per heavy atom. The van der Waals surface area contributed by atoms with Gasteiger partial charge in [0.2, 0.25) is 17.7 Å². The van der Waals surface area contributed by atoms with Crippen molar-refractivity contribution in [2.45, 2.75) is 12.5 Å². The molecule has 2 aliphatic rings. The minimum absolute atomic E-state index is 0.0343. The summed E-state index contributed by atoms with van der Waals surface area (Å²) in [5.41, 5.74) is 0. The molecule has 2 amide bonds. The summed E-state index contributed by atoms with van der Waals surface area (Å²) in [4.78, 5) is 31.1. The summed E-state index contributed by atoms with van der Waals surface area (Å²) < 4.78 is 5.65. The van der Waals surface area contributed by atoms with Gasteiger partial charge in [0.1, 0.15) is 6.10 Å². The third-order valence-electron chi connectivity index (χ3n) is 3.84. The van der Waals surface area contributed by atoms with Crippen LogP contribution in [0.25, 0.3) is 0 Å². The van der Waals surface area contributed by atoms with Crippen molar-refractivity contribution in [1.29, 1.82) is 0 Å². The molecule has 1 unspecified atom stereocenters. The lowest BCUT2D eigenvalue weighted by Gasteiger charge is -2.39. The summed E-state index contributed by atoms with van der Waals surface area (Å²) in [6, 6.07) is 3.42. The fourth-order valence-corrected chi connectivity index (χ4v) is 2.69. The minimum atomic E-state index is -0.211. The number of carbonyl (C=O) groups excluding carboxylic acids is 2. The van der Waals surface area contributed by atoms with E-state index in [0.717, 1.165) is 0 Å². The molecule has 0 saturated carbocycles. The van der Waals surface area contributed by atoms with E-state index in [1.807, 2.05) is 0 Å². The molecule has 7 heteroatoms. The highest BCUT2D eigenvalue weighted by atomic mass is 35.5. The summed E-state index contributed by atoms with van der Waals surface area (Å²) in [6.07, 6.45) is 1.80. The summed E-state index contributed by atoms with van der Waals surface area (Å²) in [6.45, 7) is 1.59. The number of pyridine rings is 1. The molecule has 0 N–H and O–H groups in total. The molecule has 1 aromatic heterocycles. The van der Waals surface area contributed by atoms with Crippen LogP contribution in [0.4, 0.5) is 0 Å². The van der Waals surface area contributed by atoms with E-state index >= 15 is 0 Å². The smallest absolute Gasteiger partial charge is 0.228 e. The molecule has 112 valence electrons. The van der Waals surface area contributed by atoms with Gasteiger partial charge in [-0.25, -0.2) is 4.98 Å². The Morgan fingerprint density at radius 3 is 2.71 bits per heavy atom. The molecule has 2 saturated heterocycles. The number of hydrogen-bond acceptors (Lipinski definition) is 4. The van der Waals surface area contributed by atoms with Crippen LogP contribution in [0, 0.1) is 5.92 Å². The van der Waals surface area contributed by atoms with Crippen LogP contribution < -0.4 is 4.74 Å². The van der Waals surface area contributed by atoms with Gasteiger partial charge in [-0.2, -0.15) is 0 Å². The fourth-order valence-electron chi connectivity index (χ4n) is 2.58. The van der Waals surface area contributed by atoms with E-state index in [-0.39, 0.29) is 23.8 Å². The van der Waals surface area contributed by atoms with E-state index in [4.69, 9.17) is 16.3 Å². The number of aromatic nitrogens is 1. The van der Waals surface area contributed by atoms with Crippen LogP contribution in [0.15, 0.2) is 18.3 Å². The van der Waals surface area contributed by atoms with Crippen LogP contribution in [0.3, 0.4) is 0 Å². The lowest BCUT2D eigenvalue weighted by atomic mass is 10.0. The standard InChI is InChI=1S/C14H16ClN3O3/c1-17-6-9(4-13(17)19)14(20)18-7-11(8-18)21-12-3-2-10(15)5-16-12/h2-3,5,9,11H,4,6-8H2,1H3. The first-order valence-corrected chi connectivity index (χ1v) is 7.21. The third kappa shape index (κ3) is 2.95. The van der Waals surface area contributed by atoms with Gasteiger partial charge in [-0.05, 0) is 6.07 Å². The zero-order chi connectivity index (χ0) is 15.0. The normalized spacial score (nSPS) is 22.4. The first-order chi connectivity index (χ1) is 10.0. The summed E-state index contributed by atoms with van der Waals surface area (Å²) in [7, 11) is 1.73. The van der Waals surface area contributed by atoms with Crippen LogP contribution in [0.2, 0.25) is 5.02 Å². The van der Waals surface area contributed by atoms with Crippen molar-refractivity contribution < 1.29 is 14.3 Å². The van der Waals surface area contributed by atoms with E-state index in [1.165, 1.54) is 6.20 Å². The number of ether oxygens (including phenoxy) is 1. The molecule has 3 heterocycles. The zero-order valence-electron chi connectivity index (χ0n) is 11.7. The number of halogens is 1. The molecule has 2 aliphatic heterocycles. The van der Waals surface area contributed by atoms with Gasteiger partial charge in [0, 0.05) is 32.3 Å². The van der Waals surface area contributed by atoms with Crippen LogP contribution in [-0.4, -0.2) is 59.4 Å². The van der Waals surface area contributed by atoms with Crippen LogP contribution in [0.5, 0.6) is 5.88 Å². The van der Waals surface area contributed by atoms with Crippen LogP contribution in [0.1, 0.15) is 6.42 Å². The Labute approximate surface area is 127 Å². The molecule has 0 aromatic carbocycles. The summed E-state index contributed by atoms with van der Waals surface area (Å²) >= 11 is 5.75. The summed E-state index contributed by atoms with van der Waals surface area (Å²) in [5.74, 6) is 0.369. The number of likely N-dealkylation sites (tertiary alicyclic amines) is 2. The highest BCUT2D eigenvalue weighted by Crippen LogP contribution is 2.23. The van der Waals surface area contributed by atoms with Gasteiger partial charge in [0.15, 0.2) is 0 Å². The van der Waals surface area contributed by atoms with Crippen molar-refractivity contribution in [3.8, 4) is 5.88 Å². The quantitative estimate of drug-likeness (QED) is 0.828. The van der Waals surface area contributed by atoms with E-state index in [9.17, 15) is 9.59 Å². The zero-order valence-corrected chi connectivity index (χ0v) is 12.4. The maximum absolute atomic E-state index is 12.2. The van der Waals surface area contributed by atoms with Gasteiger partial charge >= 0.3 is 0 Å². The Balaban J connectivity index is 1.48. The predicted molar refractivity (Wildman–Crippen MR) is 76.0 cm³/mol. The second kappa shape index (κ2) is 5.52. The van der Waals surface area contributed by atoms with E-state index in [2.05, 4.69) is 4.98 Å². The lowest BCUT2D eigenvalue weighted by molar-refractivity contribution is -0.144. The van der Waals surface area contributed by atoms with Crippen molar-refractivity contribution in [2.24, 2.45) is 5.92 Å². The fraction of sp³-hybridized carbons (Fsp3) is 0.500. The van der Waals surface area contributed by atoms with Gasteiger partial charge in [0.05, 0.1) is 24.0 Å². The molecule has 0 bridgehead atoms. The van der Waals surface area contributed by atoms with E-state index < -0.39 is 0 Å². The first-order valence-electron chi connectivity index (χ1n) is 6.84. The molecule has 1 aromatic rings. The maximum atomic E-state index is 12.2. The average Bonchev–Trinajstić information content (AvgIpc) is 2.75. The maximum Gasteiger partial charge on any atom is 0.228 e. The van der Waals surface area contributed by atoms with Gasteiger partial charge in [0.25, 0.3) is 0 Å². The van der Waals surface area contributed by atoms with Crippen molar-refractivity contribution in [1.82, 2.24) is 14.8 Å². The monoisotopic (exact) mass is 309 g/mol. The molecular weight excluding hydrogens is 294 g/mol. The van der Waals surface area contributed by atoms with E-state index in [0.29, 0.717) is 37.0 Å². The van der Waals surface area contributed by atoms with Crippen molar-refractivity contribution in [3.63, 3.8) is 0 Å². The Kier molecular flexibility index (Phi) is 3.71. The molecule has 0 spiro atoms. The molecule has 2 fully saturated rings. The van der Waals surface area contributed by atoms with Gasteiger partial charge < -0.3 is 14.5 Å². The highest BCUT2D eigenvalue weighted by molar-refractivity contribution is 6.30. The number of nitrogens with zero attached hydrogens (tertiary/aromatic N) is 3. The highest BCUT2D eigenvalue weighted by Gasteiger charge is 2.40. The molecule has 0 radical (unpaired) electrons. The Morgan fingerprint density at radius 2 is 2.14 bits per heavy atom. The molecule has 3 rings (SSSR count). The number of amides is 2. The van der Waals surface area contributed by atoms with Gasteiger partial charge in [-0.15, -0.1) is 0 Å². The molecule has 1 atom stereocenters. The molecule has 0 aliphatic carbocycles. The molecular formula is C14H16ClN3O3. The van der Waals surface area contributed by atoms with Crippen molar-refractivity contribution >= 4 is 23.4 Å².